The average molecular weight is 382 g/mol. The summed E-state index contributed by atoms with van der Waals surface area (Å²) in [5, 5.41) is 28.9. The molecule has 0 radical (unpaired) electrons. The standard InChI is InChI=1S/C14H9F3N6O4/c15-14(16,17)8-5-10(22(24)25)13(11(6-8)23(26)27)19-7-9-1-3-18-12-2-4-20-21(9)12/h1-6,19H,7H2. The van der Waals surface area contributed by atoms with Crippen molar-refractivity contribution >= 4 is 22.7 Å². The highest BCUT2D eigenvalue weighted by atomic mass is 19.4. The molecule has 3 aromatic rings. The fourth-order valence-corrected chi connectivity index (χ4v) is 2.44. The summed E-state index contributed by atoms with van der Waals surface area (Å²) in [5.41, 5.74) is -3.32. The lowest BCUT2D eigenvalue weighted by Crippen LogP contribution is -2.12. The molecule has 0 saturated carbocycles. The maximum absolute atomic E-state index is 12.9. The number of nitro groups is 2. The van der Waals surface area contributed by atoms with Gasteiger partial charge in [0.1, 0.15) is 0 Å². The fourth-order valence-electron chi connectivity index (χ4n) is 2.44. The Balaban J connectivity index is 2.07. The molecule has 140 valence electrons. The Morgan fingerprint density at radius 3 is 2.26 bits per heavy atom. The number of rotatable bonds is 5. The maximum atomic E-state index is 12.9. The smallest absolute Gasteiger partial charge is 0.368 e. The molecule has 3 rings (SSSR count). The van der Waals surface area contributed by atoms with Crippen molar-refractivity contribution in [2.75, 3.05) is 5.32 Å². The van der Waals surface area contributed by atoms with Gasteiger partial charge in [-0.15, -0.1) is 0 Å². The minimum absolute atomic E-state index is 0.173. The van der Waals surface area contributed by atoms with E-state index in [1.165, 1.54) is 23.0 Å². The van der Waals surface area contributed by atoms with Crippen LogP contribution in [0.3, 0.4) is 0 Å². The van der Waals surface area contributed by atoms with E-state index in [9.17, 15) is 33.4 Å². The van der Waals surface area contributed by atoms with E-state index in [-0.39, 0.29) is 18.7 Å². The van der Waals surface area contributed by atoms with Gasteiger partial charge in [-0.1, -0.05) is 0 Å². The zero-order chi connectivity index (χ0) is 19.8. The second kappa shape index (κ2) is 6.51. The number of anilines is 1. The van der Waals surface area contributed by atoms with Crippen molar-refractivity contribution in [1.29, 1.82) is 0 Å². The third kappa shape index (κ3) is 3.47. The van der Waals surface area contributed by atoms with Crippen LogP contribution in [-0.2, 0) is 12.7 Å². The molecule has 0 aliphatic rings. The second-order valence-electron chi connectivity index (χ2n) is 5.29. The molecule has 2 heterocycles. The van der Waals surface area contributed by atoms with Gasteiger partial charge in [0, 0.05) is 24.4 Å². The van der Waals surface area contributed by atoms with Gasteiger partial charge in [0.2, 0.25) is 0 Å². The Bertz CT molecular complexity index is 1010. The Morgan fingerprint density at radius 1 is 1.07 bits per heavy atom. The number of fused-ring (bicyclic) bond motifs is 1. The SMILES string of the molecule is O=[N+]([O-])c1cc(C(F)(F)F)cc([N+](=O)[O-])c1NCc1ccnc2ccnn12. The van der Waals surface area contributed by atoms with Crippen LogP contribution in [-0.4, -0.2) is 24.4 Å². The fraction of sp³-hybridized carbons (Fsp3) is 0.143. The first-order valence-corrected chi connectivity index (χ1v) is 7.24. The van der Waals surface area contributed by atoms with E-state index < -0.39 is 38.6 Å². The van der Waals surface area contributed by atoms with Gasteiger partial charge in [-0.05, 0) is 6.07 Å². The van der Waals surface area contributed by atoms with Crippen molar-refractivity contribution in [2.45, 2.75) is 12.7 Å². The van der Waals surface area contributed by atoms with Crippen molar-refractivity contribution in [1.82, 2.24) is 14.6 Å². The van der Waals surface area contributed by atoms with Gasteiger partial charge in [0.15, 0.2) is 11.3 Å². The zero-order valence-corrected chi connectivity index (χ0v) is 13.2. The van der Waals surface area contributed by atoms with Gasteiger partial charge >= 0.3 is 6.18 Å². The van der Waals surface area contributed by atoms with E-state index in [1.807, 2.05) is 0 Å². The summed E-state index contributed by atoms with van der Waals surface area (Å²) >= 11 is 0. The molecule has 0 bridgehead atoms. The van der Waals surface area contributed by atoms with Crippen LogP contribution in [0.2, 0.25) is 0 Å². The normalized spacial score (nSPS) is 11.5. The van der Waals surface area contributed by atoms with Gasteiger partial charge in [-0.2, -0.15) is 18.3 Å². The molecule has 2 aromatic heterocycles. The van der Waals surface area contributed by atoms with Crippen LogP contribution in [0.15, 0.2) is 36.7 Å². The van der Waals surface area contributed by atoms with Gasteiger partial charge < -0.3 is 5.32 Å². The Morgan fingerprint density at radius 2 is 1.70 bits per heavy atom. The number of halogens is 3. The number of hydrogen-bond acceptors (Lipinski definition) is 7. The van der Waals surface area contributed by atoms with Crippen LogP contribution < -0.4 is 5.32 Å². The monoisotopic (exact) mass is 382 g/mol. The average Bonchev–Trinajstić information content (AvgIpc) is 3.07. The van der Waals surface area contributed by atoms with E-state index in [0.29, 0.717) is 11.3 Å². The molecule has 10 nitrogen and oxygen atoms in total. The van der Waals surface area contributed by atoms with Crippen LogP contribution in [0.25, 0.3) is 5.65 Å². The molecule has 0 fully saturated rings. The number of nitro benzene ring substituents is 2. The van der Waals surface area contributed by atoms with Gasteiger partial charge in [0.25, 0.3) is 11.4 Å². The number of nitrogens with zero attached hydrogens (tertiary/aromatic N) is 5. The van der Waals surface area contributed by atoms with E-state index in [2.05, 4.69) is 15.4 Å². The number of hydrogen-bond donors (Lipinski definition) is 1. The lowest BCUT2D eigenvalue weighted by molar-refractivity contribution is -0.392. The van der Waals surface area contributed by atoms with E-state index >= 15 is 0 Å². The topological polar surface area (TPSA) is 128 Å². The van der Waals surface area contributed by atoms with E-state index in [4.69, 9.17) is 0 Å². The number of nitrogens with one attached hydrogen (secondary N) is 1. The molecule has 0 saturated heterocycles. The third-order valence-electron chi connectivity index (χ3n) is 3.63. The highest BCUT2D eigenvalue weighted by Gasteiger charge is 2.37. The molecule has 0 amide bonds. The highest BCUT2D eigenvalue weighted by molar-refractivity contribution is 5.75. The predicted molar refractivity (Wildman–Crippen MR) is 85.1 cm³/mol. The van der Waals surface area contributed by atoms with Crippen molar-refractivity contribution in [3.05, 3.63) is 68.1 Å². The Hall–Kier alpha value is -3.77. The summed E-state index contributed by atoms with van der Waals surface area (Å²) in [5.74, 6) is 0. The first-order valence-electron chi connectivity index (χ1n) is 7.24. The van der Waals surface area contributed by atoms with Crippen LogP contribution >= 0.6 is 0 Å². The zero-order valence-electron chi connectivity index (χ0n) is 13.2. The molecular weight excluding hydrogens is 373 g/mol. The van der Waals surface area contributed by atoms with Crippen LogP contribution in [0, 0.1) is 20.2 Å². The van der Waals surface area contributed by atoms with Crippen LogP contribution in [0.4, 0.5) is 30.2 Å². The minimum atomic E-state index is -4.97. The maximum Gasteiger partial charge on any atom is 0.416 e. The van der Waals surface area contributed by atoms with Crippen LogP contribution in [0.1, 0.15) is 11.3 Å². The summed E-state index contributed by atoms with van der Waals surface area (Å²) in [7, 11) is 0. The van der Waals surface area contributed by atoms with Gasteiger partial charge in [0.05, 0.1) is 33.8 Å². The van der Waals surface area contributed by atoms with Crippen molar-refractivity contribution in [3.8, 4) is 0 Å². The molecule has 0 aliphatic heterocycles. The lowest BCUT2D eigenvalue weighted by Gasteiger charge is -2.12. The number of aromatic nitrogens is 3. The second-order valence-corrected chi connectivity index (χ2v) is 5.29. The molecule has 0 atom stereocenters. The van der Waals surface area contributed by atoms with E-state index in [0.717, 1.165) is 0 Å². The highest BCUT2D eigenvalue weighted by Crippen LogP contribution is 2.41. The Kier molecular flexibility index (Phi) is 4.35. The summed E-state index contributed by atoms with van der Waals surface area (Å²) in [6.07, 6.45) is -2.08. The third-order valence-corrected chi connectivity index (χ3v) is 3.63. The molecule has 0 unspecified atom stereocenters. The first-order chi connectivity index (χ1) is 12.7. The molecular formula is C14H9F3N6O4. The largest absolute Gasteiger partial charge is 0.416 e. The minimum Gasteiger partial charge on any atom is -0.368 e. The summed E-state index contributed by atoms with van der Waals surface area (Å²) in [6.45, 7) is -0.173. The molecule has 27 heavy (non-hydrogen) atoms. The summed E-state index contributed by atoms with van der Waals surface area (Å²) in [6, 6.07) is 3.61. The predicted octanol–water partition coefficient (Wildman–Crippen LogP) is 3.18. The molecule has 13 heteroatoms. The molecule has 0 spiro atoms. The number of benzene rings is 1. The molecule has 1 aromatic carbocycles. The van der Waals surface area contributed by atoms with Crippen molar-refractivity contribution in [3.63, 3.8) is 0 Å². The quantitative estimate of drug-likeness (QED) is 0.530. The first kappa shape index (κ1) is 18.0. The number of alkyl halides is 3. The molecule has 1 N–H and O–H groups in total. The van der Waals surface area contributed by atoms with Crippen LogP contribution in [0.5, 0.6) is 0 Å². The van der Waals surface area contributed by atoms with Gasteiger partial charge in [-0.3, -0.25) is 20.2 Å². The van der Waals surface area contributed by atoms with E-state index in [1.54, 1.807) is 6.07 Å². The summed E-state index contributed by atoms with van der Waals surface area (Å²) < 4.78 is 40.1. The van der Waals surface area contributed by atoms with Crippen molar-refractivity contribution < 1.29 is 23.0 Å². The lowest BCUT2D eigenvalue weighted by atomic mass is 10.1. The Labute approximate surface area is 147 Å². The van der Waals surface area contributed by atoms with Gasteiger partial charge in [-0.25, -0.2) is 9.50 Å². The molecule has 0 aliphatic carbocycles. The summed E-state index contributed by atoms with van der Waals surface area (Å²) in [4.78, 5) is 24.2. The van der Waals surface area contributed by atoms with Crippen molar-refractivity contribution in [2.24, 2.45) is 0 Å².